The van der Waals surface area contributed by atoms with E-state index in [1.165, 1.54) is 66.7 Å². The predicted octanol–water partition coefficient (Wildman–Crippen LogP) is 7.84. The number of phosphoric acid groups is 1. The van der Waals surface area contributed by atoms with Gasteiger partial charge in [-0.1, -0.05) is 66.7 Å². The summed E-state index contributed by atoms with van der Waals surface area (Å²) in [5.74, 6) is -12.9. The van der Waals surface area contributed by atoms with Gasteiger partial charge in [0.05, 0.1) is 0 Å². The van der Waals surface area contributed by atoms with E-state index in [1.54, 1.807) is 0 Å². The third kappa shape index (κ3) is 5.53. The molecule has 0 saturated carbocycles. The molecule has 0 saturated heterocycles. The molecule has 0 aliphatic heterocycles. The monoisotopic (exact) mass is 508 g/mol. The second-order valence-corrected chi connectivity index (χ2v) is 8.32. The maximum Gasteiger partial charge on any atom is 0.588 e. The Morgan fingerprint density at radius 2 is 1.00 bits per heavy atom. The van der Waals surface area contributed by atoms with E-state index < -0.39 is 37.5 Å². The lowest BCUT2D eigenvalue weighted by Crippen LogP contribution is -2.55. The maximum atomic E-state index is 14.8. The van der Waals surface area contributed by atoms with Crippen LogP contribution in [0.25, 0.3) is 0 Å². The Labute approximate surface area is 189 Å². The summed E-state index contributed by atoms with van der Waals surface area (Å²) in [6.07, 6.45) is -10.0. The molecule has 0 N–H and O–H groups in total. The van der Waals surface area contributed by atoms with E-state index in [0.29, 0.717) is 0 Å². The molecule has 0 bridgehead atoms. The number of hydrogen-bond donors (Lipinski definition) is 0. The molecule has 0 aliphatic rings. The number of halogens is 7. The number of hydrogen-bond acceptors (Lipinski definition) is 4. The summed E-state index contributed by atoms with van der Waals surface area (Å²) in [6.45, 7) is 0. The summed E-state index contributed by atoms with van der Waals surface area (Å²) < 4.78 is 125. The summed E-state index contributed by atoms with van der Waals surface area (Å²) in [6, 6.07) is 18.7. The highest BCUT2D eigenvalue weighted by atomic mass is 31.2. The molecule has 34 heavy (non-hydrogen) atoms. The van der Waals surface area contributed by atoms with Gasteiger partial charge in [-0.05, 0) is 29.8 Å². The molecule has 0 aromatic heterocycles. The first kappa shape index (κ1) is 25.6. The Morgan fingerprint density at radius 3 is 1.38 bits per heavy atom. The van der Waals surface area contributed by atoms with Gasteiger partial charge in [-0.2, -0.15) is 30.7 Å². The Bertz CT molecular complexity index is 1060. The van der Waals surface area contributed by atoms with Crippen LogP contribution in [0.3, 0.4) is 0 Å². The topological polar surface area (TPSA) is 44.8 Å². The second-order valence-electron chi connectivity index (χ2n) is 6.85. The van der Waals surface area contributed by atoms with Gasteiger partial charge in [-0.15, -0.1) is 0 Å². The van der Waals surface area contributed by atoms with Gasteiger partial charge < -0.3 is 9.05 Å². The van der Waals surface area contributed by atoms with Gasteiger partial charge in [-0.25, -0.2) is 4.57 Å². The second kappa shape index (κ2) is 9.68. The van der Waals surface area contributed by atoms with E-state index in [2.05, 4.69) is 0 Å². The normalized spacial score (nSPS) is 13.9. The predicted molar refractivity (Wildman–Crippen MR) is 108 cm³/mol. The quantitative estimate of drug-likeness (QED) is 0.218. The molecule has 0 fully saturated rings. The van der Waals surface area contributed by atoms with Gasteiger partial charge >= 0.3 is 25.8 Å². The number of benzene rings is 3. The summed E-state index contributed by atoms with van der Waals surface area (Å²) in [5, 5.41) is 0. The minimum Gasteiger partial charge on any atom is -0.395 e. The van der Waals surface area contributed by atoms with Crippen molar-refractivity contribution in [3.8, 4) is 11.5 Å². The van der Waals surface area contributed by atoms with Gasteiger partial charge in [0, 0.05) is 0 Å². The molecular weight excluding hydrogens is 492 g/mol. The highest BCUT2D eigenvalue weighted by Gasteiger charge is 2.76. The van der Waals surface area contributed by atoms with E-state index >= 15 is 0 Å². The minimum atomic E-state index is -6.64. The van der Waals surface area contributed by atoms with Crippen LogP contribution in [0.15, 0.2) is 91.0 Å². The number of alkyl halides is 7. The van der Waals surface area contributed by atoms with Crippen LogP contribution in [0.2, 0.25) is 0 Å². The van der Waals surface area contributed by atoms with Crippen LogP contribution in [0.5, 0.6) is 11.5 Å². The van der Waals surface area contributed by atoms with E-state index in [-0.39, 0.29) is 11.5 Å². The first-order chi connectivity index (χ1) is 15.9. The van der Waals surface area contributed by atoms with Crippen LogP contribution in [0, 0.1) is 0 Å². The van der Waals surface area contributed by atoms with Crippen LogP contribution in [-0.4, -0.2) is 18.0 Å². The van der Waals surface area contributed by atoms with Crippen molar-refractivity contribution in [2.24, 2.45) is 0 Å². The Kier molecular flexibility index (Phi) is 7.28. The molecule has 0 unspecified atom stereocenters. The summed E-state index contributed by atoms with van der Waals surface area (Å²) in [7, 11) is -5.28. The fourth-order valence-electron chi connectivity index (χ4n) is 2.73. The highest BCUT2D eigenvalue weighted by Crippen LogP contribution is 2.60. The number of para-hydroxylation sites is 2. The molecule has 0 amide bonds. The largest absolute Gasteiger partial charge is 0.588 e. The van der Waals surface area contributed by atoms with Gasteiger partial charge in [0.25, 0.3) is 0 Å². The fourth-order valence-corrected chi connectivity index (χ4v) is 4.12. The number of rotatable bonds is 9. The highest BCUT2D eigenvalue weighted by molar-refractivity contribution is 7.49. The third-order valence-electron chi connectivity index (χ3n) is 4.36. The molecule has 0 radical (unpaired) electrons. The zero-order chi connectivity index (χ0) is 25.0. The third-order valence-corrected chi connectivity index (χ3v) is 5.70. The lowest BCUT2D eigenvalue weighted by molar-refractivity contribution is -0.370. The van der Waals surface area contributed by atoms with Crippen LogP contribution in [0.4, 0.5) is 30.7 Å². The average molecular weight is 508 g/mol. The Morgan fingerprint density at radius 1 is 0.618 bits per heavy atom. The van der Waals surface area contributed by atoms with Gasteiger partial charge in [-0.3, -0.25) is 4.52 Å². The maximum absolute atomic E-state index is 14.8. The van der Waals surface area contributed by atoms with Crippen molar-refractivity contribution >= 4 is 7.82 Å². The summed E-state index contributed by atoms with van der Waals surface area (Å²) in [4.78, 5) is 0. The van der Waals surface area contributed by atoms with Crippen molar-refractivity contribution in [3.63, 3.8) is 0 Å². The molecule has 3 aromatic rings. The van der Waals surface area contributed by atoms with E-state index in [9.17, 15) is 35.3 Å². The first-order valence-electron chi connectivity index (χ1n) is 9.51. The molecule has 12 heteroatoms. The molecule has 0 heterocycles. The Hall–Kier alpha value is -3.04. The first-order valence-corrected chi connectivity index (χ1v) is 11.0. The molecule has 4 nitrogen and oxygen atoms in total. The van der Waals surface area contributed by atoms with Crippen molar-refractivity contribution in [3.05, 3.63) is 96.6 Å². The van der Waals surface area contributed by atoms with Gasteiger partial charge in [0.2, 0.25) is 0 Å². The van der Waals surface area contributed by atoms with Crippen molar-refractivity contribution in [2.75, 3.05) is 0 Å². The molecule has 182 valence electrons. The van der Waals surface area contributed by atoms with Crippen molar-refractivity contribution in [2.45, 2.75) is 24.1 Å². The van der Waals surface area contributed by atoms with Gasteiger partial charge in [0.15, 0.2) is 6.10 Å². The average Bonchev–Trinajstić information content (AvgIpc) is 2.78. The standard InChI is InChI=1S/C22H16F7O4P/c23-20(24,21(25,26)22(27,28)29)19(16-10-4-1-5-11-16)33-34(30,31-17-12-6-2-7-13-17)32-18-14-8-3-9-15-18/h1-15,19H/t19-/m1/s1. The lowest BCUT2D eigenvalue weighted by Gasteiger charge is -2.35. The zero-order valence-corrected chi connectivity index (χ0v) is 17.9. The zero-order valence-electron chi connectivity index (χ0n) is 17.0. The molecule has 1 atom stereocenters. The van der Waals surface area contributed by atoms with Crippen LogP contribution in [-0.2, 0) is 9.09 Å². The van der Waals surface area contributed by atoms with Crippen molar-refractivity contribution in [1.29, 1.82) is 0 Å². The van der Waals surface area contributed by atoms with E-state index in [0.717, 1.165) is 24.3 Å². The molecule has 3 aromatic carbocycles. The molecule has 3 rings (SSSR count). The SMILES string of the molecule is O=P(Oc1ccccc1)(Oc1ccccc1)O[C@H](c1ccccc1)C(F)(F)C(F)(F)C(F)(F)F. The van der Waals surface area contributed by atoms with Crippen LogP contribution < -0.4 is 9.05 Å². The van der Waals surface area contributed by atoms with E-state index in [4.69, 9.17) is 13.6 Å². The summed E-state index contributed by atoms with van der Waals surface area (Å²) >= 11 is 0. The number of phosphoric ester groups is 1. The smallest absolute Gasteiger partial charge is 0.395 e. The molecular formula is C22H16F7O4P. The summed E-state index contributed by atoms with van der Waals surface area (Å²) in [5.41, 5.74) is -0.815. The molecule has 0 aliphatic carbocycles. The van der Waals surface area contributed by atoms with Crippen molar-refractivity contribution in [1.82, 2.24) is 0 Å². The van der Waals surface area contributed by atoms with E-state index in [1.807, 2.05) is 0 Å². The van der Waals surface area contributed by atoms with Crippen LogP contribution >= 0.6 is 7.82 Å². The molecule has 0 spiro atoms. The van der Waals surface area contributed by atoms with Gasteiger partial charge in [0.1, 0.15) is 11.5 Å². The Balaban J connectivity index is 2.10. The van der Waals surface area contributed by atoms with Crippen molar-refractivity contribution < 1.29 is 48.9 Å². The lowest BCUT2D eigenvalue weighted by atomic mass is 9.98. The fraction of sp³-hybridized carbons (Fsp3) is 0.182. The minimum absolute atomic E-state index is 0.237. The van der Waals surface area contributed by atoms with Crippen LogP contribution in [0.1, 0.15) is 11.7 Å².